The molecule has 1 aromatic heterocycles. The number of aromatic hydroxyl groups is 1. The number of aromatic nitrogens is 1. The molecule has 0 saturated carbocycles. The summed E-state index contributed by atoms with van der Waals surface area (Å²) >= 11 is 0. The molecule has 0 aliphatic rings. The van der Waals surface area contributed by atoms with Crippen LogP contribution in [-0.2, 0) is 0 Å². The van der Waals surface area contributed by atoms with Crippen molar-refractivity contribution in [2.45, 2.75) is 0 Å². The minimum absolute atomic E-state index is 0.414. The molecular formula is C14H11N3O9. The number of carboxylic acid groups (broad SMARTS) is 2. The van der Waals surface area contributed by atoms with Gasteiger partial charge in [0.25, 0.3) is 5.56 Å². The predicted molar refractivity (Wildman–Crippen MR) is 85.7 cm³/mol. The third-order valence-electron chi connectivity index (χ3n) is 3.41. The number of nitrogens with two attached hydrogens (primary N) is 1. The van der Waals surface area contributed by atoms with E-state index in [9.17, 15) is 39.8 Å². The van der Waals surface area contributed by atoms with Crippen LogP contribution in [0.5, 0.6) is 11.5 Å². The number of phenols is 1. The molecule has 2 aromatic rings. The van der Waals surface area contributed by atoms with Crippen LogP contribution in [0.4, 0.5) is 11.5 Å². The molecule has 0 atom stereocenters. The molecule has 0 saturated heterocycles. The van der Waals surface area contributed by atoms with Crippen molar-refractivity contribution >= 4 is 23.4 Å². The number of H-pyrrole nitrogens is 1. The highest BCUT2D eigenvalue weighted by atomic mass is 16.6. The highest BCUT2D eigenvalue weighted by Gasteiger charge is 2.29. The number of nitro benzene ring substituents is 1. The fraction of sp³-hybridized carbons (Fsp3) is 0.0714. The molecule has 136 valence electrons. The standard InChI is InChI=1S/C14H11N3O9/c1-26-10-5(17(24)25)2-4(3-6(10)18)7-8(13(20)21)11(15)16-12(19)9(7)14(22)23/h2-3,18H,1H3,(H,20,21)(H,22,23)(H3,15,16,19). The Labute approximate surface area is 143 Å². The molecule has 12 heteroatoms. The van der Waals surface area contributed by atoms with Crippen molar-refractivity contribution in [2.75, 3.05) is 12.8 Å². The van der Waals surface area contributed by atoms with Crippen molar-refractivity contribution in [3.63, 3.8) is 0 Å². The number of carboxylic acids is 2. The fourth-order valence-electron chi connectivity index (χ4n) is 2.42. The van der Waals surface area contributed by atoms with Crippen molar-refractivity contribution in [1.29, 1.82) is 0 Å². The van der Waals surface area contributed by atoms with Crippen LogP contribution >= 0.6 is 0 Å². The summed E-state index contributed by atoms with van der Waals surface area (Å²) in [5.41, 5.74) is 0.590. The number of rotatable bonds is 5. The molecule has 1 heterocycles. The highest BCUT2D eigenvalue weighted by Crippen LogP contribution is 2.42. The first-order chi connectivity index (χ1) is 12.1. The minimum atomic E-state index is -1.79. The third kappa shape index (κ3) is 2.86. The number of methoxy groups -OCH3 is 1. The Morgan fingerprint density at radius 2 is 1.81 bits per heavy atom. The largest absolute Gasteiger partial charge is 0.504 e. The second kappa shape index (κ2) is 6.43. The Kier molecular flexibility index (Phi) is 4.51. The zero-order chi connectivity index (χ0) is 19.8. The highest BCUT2D eigenvalue weighted by molar-refractivity contribution is 6.07. The van der Waals surface area contributed by atoms with Gasteiger partial charge in [-0.2, -0.15) is 0 Å². The number of nitro groups is 1. The molecule has 0 aliphatic carbocycles. The van der Waals surface area contributed by atoms with Gasteiger partial charge in [0.1, 0.15) is 16.9 Å². The summed E-state index contributed by atoms with van der Waals surface area (Å²) < 4.78 is 4.71. The first-order valence-electron chi connectivity index (χ1n) is 6.68. The lowest BCUT2D eigenvalue weighted by Crippen LogP contribution is -2.24. The van der Waals surface area contributed by atoms with E-state index in [1.165, 1.54) is 0 Å². The first-order valence-corrected chi connectivity index (χ1v) is 6.68. The molecule has 0 unspecified atom stereocenters. The number of nitrogens with zero attached hydrogens (tertiary/aromatic N) is 1. The smallest absolute Gasteiger partial charge is 0.342 e. The monoisotopic (exact) mass is 365 g/mol. The van der Waals surface area contributed by atoms with E-state index in [0.717, 1.165) is 19.2 Å². The van der Waals surface area contributed by atoms with Gasteiger partial charge in [-0.3, -0.25) is 14.9 Å². The van der Waals surface area contributed by atoms with Crippen LogP contribution < -0.4 is 16.0 Å². The number of nitrogen functional groups attached to an aromatic ring is 1. The van der Waals surface area contributed by atoms with Crippen LogP contribution in [0.3, 0.4) is 0 Å². The number of hydrogen-bond acceptors (Lipinski definition) is 8. The number of carbonyl (C=O) groups is 2. The second-order valence-corrected chi connectivity index (χ2v) is 4.91. The van der Waals surface area contributed by atoms with Gasteiger partial charge in [0, 0.05) is 11.6 Å². The first kappa shape index (κ1) is 18.3. The van der Waals surface area contributed by atoms with Gasteiger partial charge in [-0.15, -0.1) is 0 Å². The van der Waals surface area contributed by atoms with Crippen LogP contribution in [0.25, 0.3) is 11.1 Å². The molecule has 0 fully saturated rings. The third-order valence-corrected chi connectivity index (χ3v) is 3.41. The van der Waals surface area contributed by atoms with Crippen LogP contribution in [0.1, 0.15) is 20.7 Å². The van der Waals surface area contributed by atoms with Gasteiger partial charge in [-0.05, 0) is 11.6 Å². The van der Waals surface area contributed by atoms with E-state index in [4.69, 9.17) is 10.5 Å². The van der Waals surface area contributed by atoms with Crippen LogP contribution in [0, 0.1) is 10.1 Å². The summed E-state index contributed by atoms with van der Waals surface area (Å²) in [7, 11) is 1.05. The predicted octanol–water partition coefficient (Wildman–Crippen LogP) is 0.643. The van der Waals surface area contributed by atoms with Crippen LogP contribution in [-0.4, -0.2) is 44.3 Å². The maximum Gasteiger partial charge on any atom is 0.342 e. The molecule has 0 aliphatic heterocycles. The van der Waals surface area contributed by atoms with Gasteiger partial charge in [0.2, 0.25) is 5.75 Å². The van der Waals surface area contributed by atoms with Crippen molar-refractivity contribution in [1.82, 2.24) is 4.98 Å². The number of nitrogens with one attached hydrogen (secondary N) is 1. The van der Waals surface area contributed by atoms with E-state index in [-0.39, 0.29) is 0 Å². The number of pyridine rings is 1. The summed E-state index contributed by atoms with van der Waals surface area (Å²) in [6.07, 6.45) is 0. The average Bonchev–Trinajstić information content (AvgIpc) is 2.52. The summed E-state index contributed by atoms with van der Waals surface area (Å²) in [6.45, 7) is 0. The fourth-order valence-corrected chi connectivity index (χ4v) is 2.42. The molecule has 2 rings (SSSR count). The van der Waals surface area contributed by atoms with Crippen molar-refractivity contribution in [3.8, 4) is 22.6 Å². The maximum absolute atomic E-state index is 11.9. The van der Waals surface area contributed by atoms with Gasteiger partial charge in [0.15, 0.2) is 5.75 Å². The number of phenolic OH excluding ortho intramolecular Hbond substituents is 1. The summed E-state index contributed by atoms with van der Waals surface area (Å²) in [6, 6.07) is 1.60. The van der Waals surface area contributed by atoms with E-state index in [0.29, 0.717) is 0 Å². The SMILES string of the molecule is COc1c(O)cc(-c2c(C(=O)O)c(N)[nH]c(=O)c2C(=O)O)cc1[N+](=O)[O-]. The summed E-state index contributed by atoms with van der Waals surface area (Å²) in [5, 5.41) is 39.7. The normalized spacial score (nSPS) is 10.3. The molecule has 6 N–H and O–H groups in total. The van der Waals surface area contributed by atoms with E-state index in [2.05, 4.69) is 0 Å². The number of benzene rings is 1. The number of ether oxygens (including phenoxy) is 1. The van der Waals surface area contributed by atoms with E-state index in [1.54, 1.807) is 0 Å². The average molecular weight is 365 g/mol. The topological polar surface area (TPSA) is 206 Å². The Bertz CT molecular complexity index is 1010. The molecule has 26 heavy (non-hydrogen) atoms. The number of hydrogen-bond donors (Lipinski definition) is 5. The molecule has 12 nitrogen and oxygen atoms in total. The van der Waals surface area contributed by atoms with Gasteiger partial charge in [0.05, 0.1) is 12.0 Å². The summed E-state index contributed by atoms with van der Waals surface area (Å²) in [4.78, 5) is 47.1. The molecule has 1 aromatic carbocycles. The molecule has 0 radical (unpaired) electrons. The second-order valence-electron chi connectivity index (χ2n) is 4.91. The van der Waals surface area contributed by atoms with E-state index in [1.807, 2.05) is 4.98 Å². The minimum Gasteiger partial charge on any atom is -0.504 e. The van der Waals surface area contributed by atoms with Crippen LogP contribution in [0.15, 0.2) is 16.9 Å². The zero-order valence-electron chi connectivity index (χ0n) is 13.0. The Morgan fingerprint density at radius 1 is 1.23 bits per heavy atom. The lowest BCUT2D eigenvalue weighted by Gasteiger charge is -2.13. The Hall–Kier alpha value is -4.09. The van der Waals surface area contributed by atoms with E-state index >= 15 is 0 Å². The Balaban J connectivity index is 3.05. The molecule has 0 spiro atoms. The lowest BCUT2D eigenvalue weighted by atomic mass is 9.94. The number of aromatic amines is 1. The lowest BCUT2D eigenvalue weighted by molar-refractivity contribution is -0.385. The molecular weight excluding hydrogens is 354 g/mol. The van der Waals surface area contributed by atoms with Gasteiger partial charge >= 0.3 is 17.6 Å². The van der Waals surface area contributed by atoms with Gasteiger partial charge < -0.3 is 30.8 Å². The quantitative estimate of drug-likeness (QED) is 0.369. The maximum atomic E-state index is 11.9. The van der Waals surface area contributed by atoms with Gasteiger partial charge in [-0.25, -0.2) is 9.59 Å². The number of anilines is 1. The number of aromatic carboxylic acids is 2. The Morgan fingerprint density at radius 3 is 2.27 bits per heavy atom. The zero-order valence-corrected chi connectivity index (χ0v) is 13.0. The van der Waals surface area contributed by atoms with E-state index < -0.39 is 67.7 Å². The van der Waals surface area contributed by atoms with Crippen molar-refractivity contribution < 1.29 is 34.6 Å². The molecule has 0 amide bonds. The van der Waals surface area contributed by atoms with Gasteiger partial charge in [-0.1, -0.05) is 0 Å². The molecule has 0 bridgehead atoms. The van der Waals surface area contributed by atoms with Crippen molar-refractivity contribution in [2.24, 2.45) is 0 Å². The van der Waals surface area contributed by atoms with Crippen molar-refractivity contribution in [3.05, 3.63) is 43.7 Å². The van der Waals surface area contributed by atoms with Crippen LogP contribution in [0.2, 0.25) is 0 Å². The summed E-state index contributed by atoms with van der Waals surface area (Å²) in [5.74, 6) is -5.41.